The molecule has 0 aliphatic carbocycles. The molecule has 1 N–H and O–H groups in total. The van der Waals surface area contributed by atoms with Crippen molar-refractivity contribution in [3.05, 3.63) is 57.6 Å². The molecule has 0 heterocycles. The molecule has 10 heteroatoms. The van der Waals surface area contributed by atoms with E-state index in [-0.39, 0.29) is 10.6 Å². The molecule has 0 amide bonds. The lowest BCUT2D eigenvalue weighted by Gasteiger charge is -2.09. The van der Waals surface area contributed by atoms with Gasteiger partial charge in [-0.25, -0.2) is 4.83 Å². The predicted molar refractivity (Wildman–Crippen MR) is 95.3 cm³/mol. The minimum atomic E-state index is -4.06. The van der Waals surface area contributed by atoms with Crippen LogP contribution in [0.4, 0.5) is 5.69 Å². The minimum absolute atomic E-state index is 0.260. The van der Waals surface area contributed by atoms with Gasteiger partial charge in [-0.3, -0.25) is 10.1 Å². The monoisotopic (exact) mass is 379 g/mol. The summed E-state index contributed by atoms with van der Waals surface area (Å²) in [6.07, 6.45) is 1.25. The zero-order valence-corrected chi connectivity index (χ0v) is 15.1. The first-order valence-corrected chi connectivity index (χ1v) is 8.79. The summed E-state index contributed by atoms with van der Waals surface area (Å²) in [5.74, 6) is 0.859. The fourth-order valence-corrected chi connectivity index (χ4v) is 3.00. The summed E-state index contributed by atoms with van der Waals surface area (Å²) in [5.41, 5.74) is 0.564. The first-order valence-electron chi connectivity index (χ1n) is 7.31. The van der Waals surface area contributed by atoms with Gasteiger partial charge in [-0.2, -0.15) is 13.5 Å². The molecule has 0 saturated heterocycles. The van der Waals surface area contributed by atoms with Gasteiger partial charge in [0, 0.05) is 17.2 Å². The molecule has 0 aliphatic heterocycles. The number of ether oxygens (including phenoxy) is 2. The summed E-state index contributed by atoms with van der Waals surface area (Å²) < 4.78 is 34.9. The van der Waals surface area contributed by atoms with E-state index in [0.717, 1.165) is 6.07 Å². The van der Waals surface area contributed by atoms with E-state index >= 15 is 0 Å². The Kier molecular flexibility index (Phi) is 5.78. The molecule has 9 nitrogen and oxygen atoms in total. The van der Waals surface area contributed by atoms with Crippen LogP contribution in [0.2, 0.25) is 0 Å². The molecule has 2 rings (SSSR count). The average molecular weight is 379 g/mol. The summed E-state index contributed by atoms with van der Waals surface area (Å²) in [5, 5.41) is 14.7. The number of hydrogen-bond acceptors (Lipinski definition) is 7. The second-order valence-corrected chi connectivity index (χ2v) is 6.80. The first kappa shape index (κ1) is 19.2. The van der Waals surface area contributed by atoms with Crippen molar-refractivity contribution >= 4 is 21.9 Å². The number of para-hydroxylation sites is 1. The van der Waals surface area contributed by atoms with Crippen molar-refractivity contribution < 1.29 is 22.8 Å². The van der Waals surface area contributed by atoms with Crippen LogP contribution in [0, 0.1) is 17.0 Å². The summed E-state index contributed by atoms with van der Waals surface area (Å²) in [6.45, 7) is 1.52. The van der Waals surface area contributed by atoms with Gasteiger partial charge < -0.3 is 9.47 Å². The zero-order chi connectivity index (χ0) is 19.3. The molecule has 2 aromatic rings. The second-order valence-electron chi connectivity index (χ2n) is 5.14. The molecular formula is C16H17N3O6S. The van der Waals surface area contributed by atoms with Crippen LogP contribution in [-0.2, 0) is 10.0 Å². The number of rotatable bonds is 7. The van der Waals surface area contributed by atoms with E-state index in [2.05, 4.69) is 5.10 Å². The molecule has 0 aromatic heterocycles. The Morgan fingerprint density at radius 1 is 1.19 bits per heavy atom. The van der Waals surface area contributed by atoms with Crippen molar-refractivity contribution in [3.8, 4) is 11.5 Å². The fourth-order valence-electron chi connectivity index (χ4n) is 2.18. The largest absolute Gasteiger partial charge is 0.493 e. The number of nitro benzene ring substituents is 1. The Labute approximate surface area is 150 Å². The third kappa shape index (κ3) is 4.09. The molecule has 138 valence electrons. The minimum Gasteiger partial charge on any atom is -0.493 e. The van der Waals surface area contributed by atoms with Gasteiger partial charge in [-0.15, -0.1) is 0 Å². The highest BCUT2D eigenvalue weighted by molar-refractivity contribution is 7.89. The molecule has 0 spiro atoms. The number of benzene rings is 2. The van der Waals surface area contributed by atoms with Gasteiger partial charge in [0.25, 0.3) is 15.7 Å². The summed E-state index contributed by atoms with van der Waals surface area (Å²) in [4.78, 5) is 12.1. The van der Waals surface area contributed by atoms with Crippen molar-refractivity contribution in [2.45, 2.75) is 11.8 Å². The highest BCUT2D eigenvalue weighted by Crippen LogP contribution is 2.29. The third-order valence-corrected chi connectivity index (χ3v) is 4.72. The molecule has 0 unspecified atom stereocenters. The van der Waals surface area contributed by atoms with Crippen LogP contribution >= 0.6 is 0 Å². The predicted octanol–water partition coefficient (Wildman–Crippen LogP) is 2.23. The Morgan fingerprint density at radius 3 is 2.54 bits per heavy atom. The second kappa shape index (κ2) is 7.83. The normalized spacial score (nSPS) is 11.3. The molecule has 0 saturated carbocycles. The van der Waals surface area contributed by atoms with Crippen LogP contribution in [-0.4, -0.2) is 33.8 Å². The van der Waals surface area contributed by atoms with E-state index in [9.17, 15) is 18.5 Å². The van der Waals surface area contributed by atoms with Gasteiger partial charge in [0.1, 0.15) is 0 Å². The smallest absolute Gasteiger partial charge is 0.276 e. The molecule has 0 fully saturated rings. The van der Waals surface area contributed by atoms with Crippen LogP contribution in [0.3, 0.4) is 0 Å². The molecule has 0 aliphatic rings. The number of hydrogen-bond donors (Lipinski definition) is 1. The van der Waals surface area contributed by atoms with E-state index < -0.39 is 14.9 Å². The quantitative estimate of drug-likeness (QED) is 0.447. The Balaban J connectivity index is 2.28. The van der Waals surface area contributed by atoms with Gasteiger partial charge in [0.2, 0.25) is 0 Å². The van der Waals surface area contributed by atoms with Crippen LogP contribution in [0.1, 0.15) is 11.1 Å². The maximum atomic E-state index is 12.3. The van der Waals surface area contributed by atoms with Crippen molar-refractivity contribution in [2.24, 2.45) is 5.10 Å². The van der Waals surface area contributed by atoms with E-state index in [1.807, 2.05) is 4.83 Å². The Bertz CT molecular complexity index is 956. The van der Waals surface area contributed by atoms with Crippen molar-refractivity contribution in [2.75, 3.05) is 14.2 Å². The average Bonchev–Trinajstić information content (AvgIpc) is 2.61. The number of aryl methyl sites for hydroxylation is 1. The SMILES string of the molecule is COc1cccc(/C=N/NS(=O)(=O)c2ccc(C)c([N+](=O)[O-])c2)c1OC. The molecule has 26 heavy (non-hydrogen) atoms. The van der Waals surface area contributed by atoms with Gasteiger partial charge >= 0.3 is 0 Å². The summed E-state index contributed by atoms with van der Waals surface area (Å²) in [6, 6.07) is 8.66. The molecular weight excluding hydrogens is 362 g/mol. The maximum Gasteiger partial charge on any atom is 0.276 e. The van der Waals surface area contributed by atoms with Gasteiger partial charge in [0.05, 0.1) is 30.3 Å². The maximum absolute atomic E-state index is 12.3. The molecule has 0 bridgehead atoms. The molecule has 0 radical (unpaired) electrons. The standard InChI is InChI=1S/C16H17N3O6S/c1-11-7-8-13(9-14(11)19(20)21)26(22,23)18-17-10-12-5-4-6-15(24-2)16(12)25-3/h4-10,18H,1-3H3/b17-10+. The highest BCUT2D eigenvalue weighted by atomic mass is 32.2. The number of nitrogens with one attached hydrogen (secondary N) is 1. The number of methoxy groups -OCH3 is 2. The lowest BCUT2D eigenvalue weighted by Crippen LogP contribution is -2.18. The van der Waals surface area contributed by atoms with E-state index in [0.29, 0.717) is 22.6 Å². The van der Waals surface area contributed by atoms with E-state index in [1.165, 1.54) is 39.5 Å². The van der Waals surface area contributed by atoms with Gasteiger partial charge in [0.15, 0.2) is 11.5 Å². The van der Waals surface area contributed by atoms with Crippen LogP contribution in [0.5, 0.6) is 11.5 Å². The van der Waals surface area contributed by atoms with Crippen LogP contribution in [0.25, 0.3) is 0 Å². The van der Waals surface area contributed by atoms with Crippen molar-refractivity contribution in [3.63, 3.8) is 0 Å². The Hall–Kier alpha value is -3.14. The van der Waals surface area contributed by atoms with Gasteiger partial charge in [-0.05, 0) is 25.1 Å². The zero-order valence-electron chi connectivity index (χ0n) is 14.3. The lowest BCUT2D eigenvalue weighted by molar-refractivity contribution is -0.385. The summed E-state index contributed by atoms with van der Waals surface area (Å²) in [7, 11) is -1.14. The molecule has 2 aromatic carbocycles. The lowest BCUT2D eigenvalue weighted by atomic mass is 10.2. The summed E-state index contributed by atoms with van der Waals surface area (Å²) >= 11 is 0. The van der Waals surface area contributed by atoms with Gasteiger partial charge in [-0.1, -0.05) is 12.1 Å². The molecule has 0 atom stereocenters. The first-order chi connectivity index (χ1) is 12.3. The number of nitrogens with zero attached hydrogens (tertiary/aromatic N) is 2. The topological polar surface area (TPSA) is 120 Å². The third-order valence-electron chi connectivity index (χ3n) is 3.50. The number of sulfonamides is 1. The van der Waals surface area contributed by atoms with E-state index in [4.69, 9.17) is 9.47 Å². The van der Waals surface area contributed by atoms with Crippen LogP contribution < -0.4 is 14.3 Å². The van der Waals surface area contributed by atoms with Crippen LogP contribution in [0.15, 0.2) is 46.4 Å². The Morgan fingerprint density at radius 2 is 1.92 bits per heavy atom. The van der Waals surface area contributed by atoms with Crippen molar-refractivity contribution in [1.82, 2.24) is 4.83 Å². The van der Waals surface area contributed by atoms with Crippen molar-refractivity contribution in [1.29, 1.82) is 0 Å². The number of hydrazone groups is 1. The highest BCUT2D eigenvalue weighted by Gasteiger charge is 2.19. The van der Waals surface area contributed by atoms with E-state index in [1.54, 1.807) is 18.2 Å². The number of nitro groups is 1. The fraction of sp³-hybridized carbons (Fsp3) is 0.188.